The third-order valence-electron chi connectivity index (χ3n) is 6.83. The molecule has 3 amide bonds. The summed E-state index contributed by atoms with van der Waals surface area (Å²) in [5.41, 5.74) is 7.90. The lowest BCUT2D eigenvalue weighted by atomic mass is 10.1. The molecule has 0 unspecified atom stereocenters. The van der Waals surface area contributed by atoms with Gasteiger partial charge in [0.05, 0.1) is 52.9 Å². The number of fused-ring (bicyclic) bond motifs is 1. The molecule has 0 saturated carbocycles. The van der Waals surface area contributed by atoms with E-state index in [1.54, 1.807) is 0 Å². The summed E-state index contributed by atoms with van der Waals surface area (Å²) >= 11 is 0. The standard InChI is InChI=1S/C32H53N5O7/c1-2-8-31(39)37-29(12-5-6-14-33)32(40)35-16-18-42-20-22-44-24-23-43-21-19-41-17-15-34-30(38)13-7-9-26-25-36-28-11-4-3-10-27(26)28/h3-4,10-11,25,29,36H,2,5-9,12-24,33H2,1H3,(H,34,38)(H,35,40)(H,37,39)/t29-/m1/s1. The van der Waals surface area contributed by atoms with Crippen LogP contribution in [0.1, 0.15) is 57.4 Å². The predicted octanol–water partition coefficient (Wildman–Crippen LogP) is 2.20. The van der Waals surface area contributed by atoms with Gasteiger partial charge < -0.3 is 45.6 Å². The van der Waals surface area contributed by atoms with Crippen LogP contribution < -0.4 is 21.7 Å². The van der Waals surface area contributed by atoms with Crippen LogP contribution in [-0.4, -0.2) is 101 Å². The molecule has 12 nitrogen and oxygen atoms in total. The topological polar surface area (TPSA) is 166 Å². The average Bonchev–Trinajstić information content (AvgIpc) is 3.43. The first-order chi connectivity index (χ1) is 21.5. The van der Waals surface area contributed by atoms with Crippen LogP contribution in [0.5, 0.6) is 0 Å². The van der Waals surface area contributed by atoms with Crippen LogP contribution in [0.3, 0.4) is 0 Å². The highest BCUT2D eigenvalue weighted by atomic mass is 16.6. The lowest BCUT2D eigenvalue weighted by Gasteiger charge is -2.18. The number of aromatic nitrogens is 1. The summed E-state index contributed by atoms with van der Waals surface area (Å²) in [5, 5.41) is 9.73. The summed E-state index contributed by atoms with van der Waals surface area (Å²) in [4.78, 5) is 39.7. The van der Waals surface area contributed by atoms with Crippen molar-refractivity contribution < 1.29 is 33.3 Å². The van der Waals surface area contributed by atoms with E-state index in [0.717, 1.165) is 37.6 Å². The smallest absolute Gasteiger partial charge is 0.242 e. The number of carbonyl (C=O) groups excluding carboxylic acids is 3. The summed E-state index contributed by atoms with van der Waals surface area (Å²) in [6.07, 6.45) is 7.45. The van der Waals surface area contributed by atoms with Crippen molar-refractivity contribution in [3.8, 4) is 0 Å². The van der Waals surface area contributed by atoms with Crippen LogP contribution in [0.4, 0.5) is 0 Å². The molecule has 44 heavy (non-hydrogen) atoms. The fourth-order valence-corrected chi connectivity index (χ4v) is 4.52. The fraction of sp³-hybridized carbons (Fsp3) is 0.656. The number of ether oxygens (including phenoxy) is 4. The number of nitrogens with one attached hydrogen (secondary N) is 4. The number of aryl methyl sites for hydroxylation is 1. The van der Waals surface area contributed by atoms with Crippen molar-refractivity contribution in [3.05, 3.63) is 36.0 Å². The Morgan fingerprint density at radius 2 is 1.43 bits per heavy atom. The molecule has 0 aliphatic rings. The molecule has 2 aromatic rings. The van der Waals surface area contributed by atoms with E-state index < -0.39 is 6.04 Å². The number of H-pyrrole nitrogens is 1. The number of benzene rings is 1. The van der Waals surface area contributed by atoms with Crippen LogP contribution >= 0.6 is 0 Å². The lowest BCUT2D eigenvalue weighted by Crippen LogP contribution is -2.47. The van der Waals surface area contributed by atoms with E-state index in [4.69, 9.17) is 24.7 Å². The van der Waals surface area contributed by atoms with Gasteiger partial charge in [-0.3, -0.25) is 14.4 Å². The van der Waals surface area contributed by atoms with Crippen molar-refractivity contribution in [1.82, 2.24) is 20.9 Å². The second-order valence-corrected chi connectivity index (χ2v) is 10.5. The van der Waals surface area contributed by atoms with E-state index in [-0.39, 0.29) is 17.7 Å². The van der Waals surface area contributed by atoms with Gasteiger partial charge in [-0.15, -0.1) is 0 Å². The zero-order chi connectivity index (χ0) is 31.7. The van der Waals surface area contributed by atoms with Gasteiger partial charge in [0.2, 0.25) is 17.7 Å². The van der Waals surface area contributed by atoms with Gasteiger partial charge in [-0.1, -0.05) is 25.1 Å². The van der Waals surface area contributed by atoms with Crippen molar-refractivity contribution in [2.75, 3.05) is 72.5 Å². The van der Waals surface area contributed by atoms with Gasteiger partial charge >= 0.3 is 0 Å². The van der Waals surface area contributed by atoms with Crippen LogP contribution in [-0.2, 0) is 39.8 Å². The summed E-state index contributed by atoms with van der Waals surface area (Å²) in [5.74, 6) is -0.285. The first kappa shape index (κ1) is 37.2. The summed E-state index contributed by atoms with van der Waals surface area (Å²) in [6, 6.07) is 7.64. The third kappa shape index (κ3) is 16.7. The van der Waals surface area contributed by atoms with Crippen molar-refractivity contribution in [1.29, 1.82) is 0 Å². The summed E-state index contributed by atoms with van der Waals surface area (Å²) in [7, 11) is 0. The molecule has 0 bridgehead atoms. The summed E-state index contributed by atoms with van der Waals surface area (Å²) in [6.45, 7) is 6.72. The molecule has 6 N–H and O–H groups in total. The molecule has 0 fully saturated rings. The van der Waals surface area contributed by atoms with Crippen molar-refractivity contribution in [2.24, 2.45) is 5.73 Å². The number of unbranched alkanes of at least 4 members (excludes halogenated alkanes) is 1. The summed E-state index contributed by atoms with van der Waals surface area (Å²) < 4.78 is 22.0. The molecule has 0 aliphatic heterocycles. The van der Waals surface area contributed by atoms with Crippen LogP contribution in [0, 0.1) is 0 Å². The second-order valence-electron chi connectivity index (χ2n) is 10.5. The Bertz CT molecular complexity index is 1060. The van der Waals surface area contributed by atoms with E-state index >= 15 is 0 Å². The number of hydrogen-bond acceptors (Lipinski definition) is 8. The number of aromatic amines is 1. The molecule has 2 rings (SSSR count). The first-order valence-electron chi connectivity index (χ1n) is 15.9. The quantitative estimate of drug-likeness (QED) is 0.0950. The maximum Gasteiger partial charge on any atom is 0.242 e. The Balaban J connectivity index is 1.34. The first-order valence-corrected chi connectivity index (χ1v) is 15.9. The highest BCUT2D eigenvalue weighted by molar-refractivity contribution is 5.87. The van der Waals surface area contributed by atoms with Crippen LogP contribution in [0.2, 0.25) is 0 Å². The molecule has 12 heteroatoms. The lowest BCUT2D eigenvalue weighted by molar-refractivity contribution is -0.129. The monoisotopic (exact) mass is 619 g/mol. The molecular formula is C32H53N5O7. The third-order valence-corrected chi connectivity index (χ3v) is 6.83. The van der Waals surface area contributed by atoms with E-state index in [9.17, 15) is 14.4 Å². The van der Waals surface area contributed by atoms with Gasteiger partial charge in [-0.25, -0.2) is 0 Å². The van der Waals surface area contributed by atoms with Crippen molar-refractivity contribution in [3.63, 3.8) is 0 Å². The molecule has 0 spiro atoms. The van der Waals surface area contributed by atoms with E-state index in [2.05, 4.69) is 33.1 Å². The molecule has 0 saturated heterocycles. The van der Waals surface area contributed by atoms with Crippen molar-refractivity contribution >= 4 is 28.6 Å². The Morgan fingerprint density at radius 3 is 2.09 bits per heavy atom. The fourth-order valence-electron chi connectivity index (χ4n) is 4.52. The zero-order valence-electron chi connectivity index (χ0n) is 26.3. The Kier molecular flexibility index (Phi) is 20.5. The van der Waals surface area contributed by atoms with Gasteiger partial charge in [-0.05, 0) is 56.7 Å². The van der Waals surface area contributed by atoms with E-state index in [0.29, 0.717) is 91.8 Å². The number of amides is 3. The van der Waals surface area contributed by atoms with E-state index in [1.165, 1.54) is 10.9 Å². The molecule has 1 atom stereocenters. The maximum absolute atomic E-state index is 12.5. The number of para-hydroxylation sites is 1. The van der Waals surface area contributed by atoms with E-state index in [1.807, 2.05) is 25.3 Å². The highest BCUT2D eigenvalue weighted by Gasteiger charge is 2.19. The molecule has 1 aromatic heterocycles. The SMILES string of the molecule is CCCC(=O)N[C@H](CCCCN)C(=O)NCCOCCOCCOCCOCCNC(=O)CCCc1c[nH]c2ccccc12. The number of carbonyl (C=O) groups is 3. The molecule has 1 aromatic carbocycles. The van der Waals surface area contributed by atoms with Crippen molar-refractivity contribution in [2.45, 2.75) is 64.3 Å². The second kappa shape index (κ2) is 24.3. The minimum absolute atomic E-state index is 0.0334. The molecule has 0 aliphatic carbocycles. The minimum atomic E-state index is -0.548. The number of hydrogen-bond donors (Lipinski definition) is 5. The van der Waals surface area contributed by atoms with Crippen LogP contribution in [0.25, 0.3) is 10.9 Å². The van der Waals surface area contributed by atoms with Crippen LogP contribution in [0.15, 0.2) is 30.5 Å². The van der Waals surface area contributed by atoms with Gasteiger partial charge in [-0.2, -0.15) is 0 Å². The predicted molar refractivity (Wildman–Crippen MR) is 170 cm³/mol. The largest absolute Gasteiger partial charge is 0.377 e. The highest BCUT2D eigenvalue weighted by Crippen LogP contribution is 2.19. The normalized spacial score (nSPS) is 11.9. The minimum Gasteiger partial charge on any atom is -0.377 e. The zero-order valence-corrected chi connectivity index (χ0v) is 26.3. The van der Waals surface area contributed by atoms with Gasteiger partial charge in [0.1, 0.15) is 6.04 Å². The molecule has 1 heterocycles. The number of nitrogens with two attached hydrogens (primary N) is 1. The molecular weight excluding hydrogens is 566 g/mol. The van der Waals surface area contributed by atoms with Gasteiger partial charge in [0, 0.05) is 43.0 Å². The Hall–Kier alpha value is -3.03. The average molecular weight is 620 g/mol. The Labute approximate surface area is 261 Å². The molecule has 0 radical (unpaired) electrons. The molecule has 248 valence electrons. The van der Waals surface area contributed by atoms with Gasteiger partial charge in [0.25, 0.3) is 0 Å². The maximum atomic E-state index is 12.5. The Morgan fingerprint density at radius 1 is 0.795 bits per heavy atom. The van der Waals surface area contributed by atoms with Gasteiger partial charge in [0.15, 0.2) is 0 Å². The number of rotatable bonds is 27.